The summed E-state index contributed by atoms with van der Waals surface area (Å²) in [5.41, 5.74) is 0. The molecule has 1 amide bonds. The quantitative estimate of drug-likeness (QED) is 0.483. The molecule has 0 aromatic rings. The van der Waals surface area contributed by atoms with E-state index in [-0.39, 0.29) is 17.8 Å². The van der Waals surface area contributed by atoms with Crippen LogP contribution in [0.15, 0.2) is 0 Å². The Hall–Kier alpha value is -1.06. The van der Waals surface area contributed by atoms with Crippen LogP contribution < -0.4 is 0 Å². The molecule has 1 atom stereocenters. The van der Waals surface area contributed by atoms with Gasteiger partial charge in [-0.2, -0.15) is 0 Å². The molecule has 0 aliphatic carbocycles. The van der Waals surface area contributed by atoms with Crippen LogP contribution in [0.4, 0.5) is 0 Å². The van der Waals surface area contributed by atoms with Gasteiger partial charge in [0.1, 0.15) is 0 Å². The summed E-state index contributed by atoms with van der Waals surface area (Å²) in [6.07, 6.45) is 10.9. The van der Waals surface area contributed by atoms with Gasteiger partial charge in [-0.3, -0.25) is 9.59 Å². The fourth-order valence-electron chi connectivity index (χ4n) is 2.95. The van der Waals surface area contributed by atoms with Crippen molar-refractivity contribution in [2.24, 2.45) is 5.92 Å². The third kappa shape index (κ3) is 6.96. The maximum Gasteiger partial charge on any atom is 0.310 e. The summed E-state index contributed by atoms with van der Waals surface area (Å²) in [7, 11) is 1.42. The lowest BCUT2D eigenvalue weighted by atomic mass is 9.97. The third-order valence-corrected chi connectivity index (χ3v) is 4.30. The van der Waals surface area contributed by atoms with Gasteiger partial charge in [0.25, 0.3) is 0 Å². The Balaban J connectivity index is 2.15. The van der Waals surface area contributed by atoms with Gasteiger partial charge in [0.15, 0.2) is 0 Å². The van der Waals surface area contributed by atoms with Crippen molar-refractivity contribution in [3.05, 3.63) is 0 Å². The first-order valence-corrected chi connectivity index (χ1v) is 8.54. The number of hydrogen-bond acceptors (Lipinski definition) is 3. The van der Waals surface area contributed by atoms with Gasteiger partial charge in [-0.05, 0) is 19.3 Å². The summed E-state index contributed by atoms with van der Waals surface area (Å²) in [5.74, 6) is -0.0951. The largest absolute Gasteiger partial charge is 0.469 e. The lowest BCUT2D eigenvalue weighted by Gasteiger charge is -2.31. The minimum Gasteiger partial charge on any atom is -0.469 e. The van der Waals surface area contributed by atoms with E-state index in [4.69, 9.17) is 4.74 Å². The molecular weight excluding hydrogens is 266 g/mol. The minimum atomic E-state index is -0.177. The van der Waals surface area contributed by atoms with E-state index in [0.29, 0.717) is 13.0 Å². The first-order chi connectivity index (χ1) is 10.2. The van der Waals surface area contributed by atoms with Gasteiger partial charge in [-0.25, -0.2) is 0 Å². The van der Waals surface area contributed by atoms with Crippen LogP contribution in [-0.4, -0.2) is 37.0 Å². The predicted molar refractivity (Wildman–Crippen MR) is 83.9 cm³/mol. The maximum absolute atomic E-state index is 12.2. The summed E-state index contributed by atoms with van der Waals surface area (Å²) >= 11 is 0. The summed E-state index contributed by atoms with van der Waals surface area (Å²) in [6, 6.07) is 0. The van der Waals surface area contributed by atoms with Crippen molar-refractivity contribution < 1.29 is 14.3 Å². The molecule has 4 nitrogen and oxygen atoms in total. The zero-order chi connectivity index (χ0) is 15.5. The zero-order valence-corrected chi connectivity index (χ0v) is 13.7. The standard InChI is InChI=1S/C17H31NO3/c1-3-4-5-6-7-8-9-12-16(19)18-13-10-11-15(14-18)17(20)21-2/h15H,3-14H2,1-2H3. The molecule has 122 valence electrons. The van der Waals surface area contributed by atoms with Crippen LogP contribution in [0.2, 0.25) is 0 Å². The molecule has 4 heteroatoms. The van der Waals surface area contributed by atoms with E-state index in [0.717, 1.165) is 32.2 Å². The van der Waals surface area contributed by atoms with Crippen LogP contribution in [0.5, 0.6) is 0 Å². The SMILES string of the molecule is CCCCCCCCCC(=O)N1CCCC(C(=O)OC)C1. The highest BCUT2D eigenvalue weighted by atomic mass is 16.5. The van der Waals surface area contributed by atoms with Gasteiger partial charge in [0.2, 0.25) is 5.91 Å². The molecule has 1 rings (SSSR count). The number of esters is 1. The van der Waals surface area contributed by atoms with Crippen LogP contribution in [0.1, 0.15) is 71.1 Å². The third-order valence-electron chi connectivity index (χ3n) is 4.30. The molecule has 0 aromatic heterocycles. The Morgan fingerprint density at radius 2 is 1.76 bits per heavy atom. The summed E-state index contributed by atoms with van der Waals surface area (Å²) in [4.78, 5) is 25.6. The maximum atomic E-state index is 12.2. The number of ether oxygens (including phenoxy) is 1. The smallest absolute Gasteiger partial charge is 0.310 e. The first kappa shape index (κ1) is 18.0. The average Bonchev–Trinajstić information content (AvgIpc) is 2.53. The molecule has 0 aromatic carbocycles. The number of methoxy groups -OCH3 is 1. The van der Waals surface area contributed by atoms with Crippen molar-refractivity contribution in [3.8, 4) is 0 Å². The second-order valence-electron chi connectivity index (χ2n) is 6.07. The lowest BCUT2D eigenvalue weighted by Crippen LogP contribution is -2.42. The molecule has 0 spiro atoms. The summed E-state index contributed by atoms with van der Waals surface area (Å²) in [5, 5.41) is 0. The van der Waals surface area contributed by atoms with E-state index < -0.39 is 0 Å². The Kier molecular flexibility index (Phi) is 9.11. The first-order valence-electron chi connectivity index (χ1n) is 8.54. The zero-order valence-electron chi connectivity index (χ0n) is 13.7. The van der Waals surface area contributed by atoms with Gasteiger partial charge in [0.05, 0.1) is 13.0 Å². The molecule has 1 fully saturated rings. The van der Waals surface area contributed by atoms with Crippen molar-refractivity contribution >= 4 is 11.9 Å². The molecule has 1 saturated heterocycles. The Morgan fingerprint density at radius 3 is 2.43 bits per heavy atom. The van der Waals surface area contributed by atoms with Crippen molar-refractivity contribution in [1.29, 1.82) is 0 Å². The van der Waals surface area contributed by atoms with Crippen molar-refractivity contribution in [3.63, 3.8) is 0 Å². The van der Waals surface area contributed by atoms with Crippen LogP contribution in [-0.2, 0) is 14.3 Å². The Labute approximate surface area is 129 Å². The van der Waals surface area contributed by atoms with Crippen molar-refractivity contribution in [1.82, 2.24) is 4.90 Å². The topological polar surface area (TPSA) is 46.6 Å². The highest BCUT2D eigenvalue weighted by molar-refractivity contribution is 5.78. The molecule has 1 heterocycles. The molecular formula is C17H31NO3. The highest BCUT2D eigenvalue weighted by Gasteiger charge is 2.28. The van der Waals surface area contributed by atoms with E-state index in [2.05, 4.69) is 6.92 Å². The van der Waals surface area contributed by atoms with E-state index in [1.165, 1.54) is 39.2 Å². The molecule has 1 aliphatic heterocycles. The van der Waals surface area contributed by atoms with E-state index in [1.54, 1.807) is 0 Å². The second-order valence-corrected chi connectivity index (χ2v) is 6.07. The molecule has 1 aliphatic rings. The fraction of sp³-hybridized carbons (Fsp3) is 0.882. The van der Waals surface area contributed by atoms with E-state index >= 15 is 0 Å². The van der Waals surface area contributed by atoms with Gasteiger partial charge in [0, 0.05) is 19.5 Å². The number of hydrogen-bond donors (Lipinski definition) is 0. The second kappa shape index (κ2) is 10.6. The van der Waals surface area contributed by atoms with Crippen LogP contribution in [0.25, 0.3) is 0 Å². The predicted octanol–water partition coefficient (Wildman–Crippen LogP) is 3.54. The minimum absolute atomic E-state index is 0.123. The fourth-order valence-corrected chi connectivity index (χ4v) is 2.95. The number of unbranched alkanes of at least 4 members (excludes halogenated alkanes) is 6. The van der Waals surface area contributed by atoms with Crippen LogP contribution >= 0.6 is 0 Å². The monoisotopic (exact) mass is 297 g/mol. The molecule has 0 saturated carbocycles. The Bertz CT molecular complexity index is 317. The summed E-state index contributed by atoms with van der Waals surface area (Å²) < 4.78 is 4.79. The number of carbonyl (C=O) groups excluding carboxylic acids is 2. The number of rotatable bonds is 9. The van der Waals surface area contributed by atoms with E-state index in [1.807, 2.05) is 4.90 Å². The van der Waals surface area contributed by atoms with Gasteiger partial charge in [-0.1, -0.05) is 45.4 Å². The van der Waals surface area contributed by atoms with Crippen LogP contribution in [0.3, 0.4) is 0 Å². The normalized spacial score (nSPS) is 18.6. The highest BCUT2D eigenvalue weighted by Crippen LogP contribution is 2.19. The van der Waals surface area contributed by atoms with Crippen LogP contribution in [0, 0.1) is 5.92 Å². The molecule has 0 bridgehead atoms. The van der Waals surface area contributed by atoms with E-state index in [9.17, 15) is 9.59 Å². The summed E-state index contributed by atoms with van der Waals surface area (Å²) in [6.45, 7) is 3.56. The molecule has 0 N–H and O–H groups in total. The average molecular weight is 297 g/mol. The number of likely N-dealkylation sites (tertiary alicyclic amines) is 1. The lowest BCUT2D eigenvalue weighted by molar-refractivity contribution is -0.149. The van der Waals surface area contributed by atoms with Gasteiger partial charge >= 0.3 is 5.97 Å². The van der Waals surface area contributed by atoms with Gasteiger partial charge < -0.3 is 9.64 Å². The van der Waals surface area contributed by atoms with Gasteiger partial charge in [-0.15, -0.1) is 0 Å². The number of amides is 1. The van der Waals surface area contributed by atoms with Crippen molar-refractivity contribution in [2.45, 2.75) is 71.1 Å². The molecule has 1 unspecified atom stereocenters. The number of piperidine rings is 1. The Morgan fingerprint density at radius 1 is 1.10 bits per heavy atom. The molecule has 21 heavy (non-hydrogen) atoms. The number of nitrogens with zero attached hydrogens (tertiary/aromatic N) is 1. The number of carbonyl (C=O) groups is 2. The molecule has 0 radical (unpaired) electrons. The van der Waals surface area contributed by atoms with Crippen molar-refractivity contribution in [2.75, 3.05) is 20.2 Å².